The molecule has 1 aromatic carbocycles. The molecule has 1 saturated heterocycles. The number of halogens is 2. The first-order chi connectivity index (χ1) is 17.9. The summed E-state index contributed by atoms with van der Waals surface area (Å²) < 4.78 is 29.4. The summed E-state index contributed by atoms with van der Waals surface area (Å²) in [6, 6.07) is 7.53. The van der Waals surface area contributed by atoms with E-state index in [0.29, 0.717) is 29.5 Å². The number of piperidine rings is 1. The highest BCUT2D eigenvalue weighted by atomic mass is 19.2. The Balaban J connectivity index is 1.43. The summed E-state index contributed by atoms with van der Waals surface area (Å²) in [6.45, 7) is 11.0. The number of benzene rings is 1. The minimum absolute atomic E-state index is 0.356. The van der Waals surface area contributed by atoms with Crippen LogP contribution in [-0.4, -0.2) is 39.9 Å². The average Bonchev–Trinajstić information content (AvgIpc) is 3.22. The lowest BCUT2D eigenvalue weighted by molar-refractivity contribution is 0.159. The molecule has 0 amide bonds. The lowest BCUT2D eigenvalue weighted by atomic mass is 9.88. The first kappa shape index (κ1) is 26.5. The number of oxime groups is 1. The second-order valence-electron chi connectivity index (χ2n) is 9.29. The lowest BCUT2D eigenvalue weighted by Crippen LogP contribution is -2.32. The van der Waals surface area contributed by atoms with Crippen LogP contribution in [-0.2, 0) is 18.4 Å². The van der Waals surface area contributed by atoms with Gasteiger partial charge in [-0.05, 0) is 87.2 Å². The minimum Gasteiger partial charge on any atom is -0.396 e. The molecule has 37 heavy (non-hydrogen) atoms. The van der Waals surface area contributed by atoms with Crippen LogP contribution in [0.3, 0.4) is 0 Å². The highest BCUT2D eigenvalue weighted by Gasteiger charge is 2.24. The van der Waals surface area contributed by atoms with Gasteiger partial charge in [0.15, 0.2) is 11.6 Å². The molecule has 2 aromatic heterocycles. The van der Waals surface area contributed by atoms with Crippen molar-refractivity contribution in [1.82, 2.24) is 14.5 Å². The number of rotatable bonds is 9. The van der Waals surface area contributed by atoms with Crippen molar-refractivity contribution in [3.63, 3.8) is 0 Å². The normalized spacial score (nSPS) is 15.4. The zero-order valence-electron chi connectivity index (χ0n) is 21.8. The van der Waals surface area contributed by atoms with E-state index in [-0.39, 0.29) is 0 Å². The Morgan fingerprint density at radius 1 is 1.19 bits per heavy atom. The Morgan fingerprint density at radius 2 is 1.97 bits per heavy atom. The number of likely N-dealkylation sites (tertiary alicyclic amines) is 1. The fourth-order valence-corrected chi connectivity index (χ4v) is 4.95. The Morgan fingerprint density at radius 3 is 2.59 bits per heavy atom. The van der Waals surface area contributed by atoms with Gasteiger partial charge in [0.2, 0.25) is 0 Å². The SMILES string of the molecule is C=Cc1c(/C=C\C)c(C2CCN(Cc3ccc(/C(=N/OCC)c4ccc(F)c(F)c4)nc3)CC2)cn1C. The van der Waals surface area contributed by atoms with Crippen molar-refractivity contribution in [1.29, 1.82) is 0 Å². The van der Waals surface area contributed by atoms with Crippen molar-refractivity contribution in [3.05, 3.63) is 101 Å². The molecule has 0 N–H and O–H groups in total. The van der Waals surface area contributed by atoms with Crippen molar-refractivity contribution < 1.29 is 13.6 Å². The van der Waals surface area contributed by atoms with Crippen molar-refractivity contribution in [2.24, 2.45) is 12.2 Å². The van der Waals surface area contributed by atoms with E-state index in [1.54, 1.807) is 0 Å². The molecule has 5 nitrogen and oxygen atoms in total. The standard InChI is InChI=1S/C30H34F2N4O/c1-5-8-24-25(20-35(4)29(24)6-2)22-13-15-36(16-14-22)19-21-9-12-28(33-18-21)30(34-37-7-3)23-10-11-26(31)27(32)17-23/h5-6,8-12,17-18,20,22H,2,7,13-16,19H2,1,3-4H3/b8-5-,34-30+. The van der Waals surface area contributed by atoms with E-state index in [9.17, 15) is 8.78 Å². The zero-order chi connectivity index (χ0) is 26.4. The lowest BCUT2D eigenvalue weighted by Gasteiger charge is -2.32. The molecule has 0 bridgehead atoms. The number of allylic oxidation sites excluding steroid dienone is 1. The van der Waals surface area contributed by atoms with Gasteiger partial charge < -0.3 is 9.40 Å². The van der Waals surface area contributed by atoms with E-state index in [1.807, 2.05) is 31.3 Å². The molecule has 0 radical (unpaired) electrons. The molecule has 3 heterocycles. The third-order valence-corrected chi connectivity index (χ3v) is 6.81. The molecule has 3 aromatic rings. The van der Waals surface area contributed by atoms with Crippen LogP contribution in [0.1, 0.15) is 66.2 Å². The molecule has 1 aliphatic heterocycles. The van der Waals surface area contributed by atoms with Crippen molar-refractivity contribution in [3.8, 4) is 0 Å². The second kappa shape index (κ2) is 12.1. The maximum Gasteiger partial charge on any atom is 0.159 e. The van der Waals surface area contributed by atoms with Gasteiger partial charge in [0.25, 0.3) is 0 Å². The third kappa shape index (κ3) is 6.05. The largest absolute Gasteiger partial charge is 0.396 e. The van der Waals surface area contributed by atoms with Crippen molar-refractivity contribution in [2.45, 2.75) is 39.2 Å². The number of hydrogen-bond donors (Lipinski definition) is 0. The van der Waals surface area contributed by atoms with E-state index in [0.717, 1.165) is 55.9 Å². The topological polar surface area (TPSA) is 42.6 Å². The van der Waals surface area contributed by atoms with Gasteiger partial charge in [-0.25, -0.2) is 8.78 Å². The van der Waals surface area contributed by atoms with Crippen LogP contribution in [0.15, 0.2) is 60.5 Å². The molecule has 4 rings (SSSR count). The van der Waals surface area contributed by atoms with Crippen molar-refractivity contribution in [2.75, 3.05) is 19.7 Å². The average molecular weight is 505 g/mol. The minimum atomic E-state index is -0.934. The summed E-state index contributed by atoms with van der Waals surface area (Å²) in [4.78, 5) is 12.2. The number of aryl methyl sites for hydroxylation is 1. The third-order valence-electron chi connectivity index (χ3n) is 6.81. The molecule has 194 valence electrons. The van der Waals surface area contributed by atoms with E-state index in [4.69, 9.17) is 4.84 Å². The van der Waals surface area contributed by atoms with Crippen molar-refractivity contribution >= 4 is 17.9 Å². The van der Waals surface area contributed by atoms with Gasteiger partial charge in [-0.3, -0.25) is 9.88 Å². The molecule has 0 atom stereocenters. The van der Waals surface area contributed by atoms with E-state index in [1.165, 1.54) is 17.2 Å². The van der Waals surface area contributed by atoms with Gasteiger partial charge in [0, 0.05) is 42.8 Å². The zero-order valence-corrected chi connectivity index (χ0v) is 21.8. The summed E-state index contributed by atoms with van der Waals surface area (Å²) >= 11 is 0. The monoisotopic (exact) mass is 504 g/mol. The molecule has 1 fully saturated rings. The number of aromatic nitrogens is 2. The Labute approximate surface area is 217 Å². The van der Waals surface area contributed by atoms with Crippen LogP contribution in [0, 0.1) is 11.6 Å². The predicted molar refractivity (Wildman–Crippen MR) is 145 cm³/mol. The molecule has 0 unspecified atom stereocenters. The van der Waals surface area contributed by atoms with E-state index >= 15 is 0 Å². The fourth-order valence-electron chi connectivity index (χ4n) is 4.95. The summed E-state index contributed by atoms with van der Waals surface area (Å²) in [5.74, 6) is -1.31. The Hall–Kier alpha value is -3.58. The maximum atomic E-state index is 13.8. The summed E-state index contributed by atoms with van der Waals surface area (Å²) in [5.41, 5.74) is 6.26. The molecule has 0 saturated carbocycles. The van der Waals surface area contributed by atoms with E-state index < -0.39 is 11.6 Å². The molecule has 7 heteroatoms. The van der Waals surface area contributed by atoms with Gasteiger partial charge >= 0.3 is 0 Å². The summed E-state index contributed by atoms with van der Waals surface area (Å²) in [5, 5.41) is 4.11. The van der Waals surface area contributed by atoms with Crippen LogP contribution in [0.4, 0.5) is 8.78 Å². The highest BCUT2D eigenvalue weighted by Crippen LogP contribution is 2.34. The van der Waals surface area contributed by atoms with Crippen LogP contribution in [0.2, 0.25) is 0 Å². The molecular formula is C30H34F2N4O. The van der Waals surface area contributed by atoms with Gasteiger partial charge in [0.1, 0.15) is 12.3 Å². The summed E-state index contributed by atoms with van der Waals surface area (Å²) in [7, 11) is 2.08. The smallest absolute Gasteiger partial charge is 0.159 e. The molecule has 1 aliphatic rings. The number of nitrogens with zero attached hydrogens (tertiary/aromatic N) is 4. The fraction of sp³-hybridized carbons (Fsp3) is 0.333. The first-order valence-corrected chi connectivity index (χ1v) is 12.7. The van der Waals surface area contributed by atoms with Gasteiger partial charge in [-0.1, -0.05) is 30.0 Å². The van der Waals surface area contributed by atoms with Crippen LogP contribution in [0.25, 0.3) is 12.2 Å². The molecular weight excluding hydrogens is 470 g/mol. The highest BCUT2D eigenvalue weighted by molar-refractivity contribution is 6.11. The molecule has 0 aliphatic carbocycles. The van der Waals surface area contributed by atoms with Gasteiger partial charge in [-0.2, -0.15) is 0 Å². The molecule has 0 spiro atoms. The maximum absolute atomic E-state index is 13.8. The first-order valence-electron chi connectivity index (χ1n) is 12.7. The number of hydrogen-bond acceptors (Lipinski definition) is 4. The van der Waals surface area contributed by atoms with Crippen LogP contribution in [0.5, 0.6) is 0 Å². The quantitative estimate of drug-likeness (QED) is 0.245. The number of pyridine rings is 1. The van der Waals surface area contributed by atoms with Crippen LogP contribution >= 0.6 is 0 Å². The second-order valence-corrected chi connectivity index (χ2v) is 9.29. The van der Waals surface area contributed by atoms with Gasteiger partial charge in [0.05, 0.1) is 5.69 Å². The Kier molecular flexibility index (Phi) is 8.66. The predicted octanol–water partition coefficient (Wildman–Crippen LogP) is 6.54. The Bertz CT molecular complexity index is 1290. The summed E-state index contributed by atoms with van der Waals surface area (Å²) in [6.07, 6.45) is 12.5. The van der Waals surface area contributed by atoms with Crippen LogP contribution < -0.4 is 0 Å². The van der Waals surface area contributed by atoms with E-state index in [2.05, 4.69) is 58.5 Å². The van der Waals surface area contributed by atoms with Gasteiger partial charge in [-0.15, -0.1) is 0 Å².